The number of H-pyrrole nitrogens is 1. The molecule has 0 atom stereocenters. The predicted octanol–water partition coefficient (Wildman–Crippen LogP) is 2.51. The number of carboxylic acid groups (broad SMARTS) is 1. The van der Waals surface area contributed by atoms with E-state index in [0.29, 0.717) is 5.69 Å². The molecule has 0 unspecified atom stereocenters. The first-order valence-corrected chi connectivity index (χ1v) is 6.23. The number of aromatic amines is 1. The molecule has 21 heavy (non-hydrogen) atoms. The van der Waals surface area contributed by atoms with Crippen molar-refractivity contribution in [2.24, 2.45) is 0 Å². The number of para-hydroxylation sites is 1. The Balaban J connectivity index is 1.85. The molecular weight excluding hydrogens is 270 g/mol. The number of nitrogens with zero attached hydrogens (tertiary/aromatic N) is 1. The topological polar surface area (TPSA) is 95.1 Å². The number of fused-ring (bicyclic) bond motifs is 1. The number of hydrogen-bond acceptors (Lipinski definition) is 3. The maximum absolute atomic E-state index is 12.1. The summed E-state index contributed by atoms with van der Waals surface area (Å²) >= 11 is 0. The highest BCUT2D eigenvalue weighted by molar-refractivity contribution is 6.05. The number of nitrogens with one attached hydrogen (secondary N) is 2. The summed E-state index contributed by atoms with van der Waals surface area (Å²) in [6, 6.07) is 13.7. The molecule has 3 aromatic rings. The van der Waals surface area contributed by atoms with Crippen LogP contribution >= 0.6 is 0 Å². The van der Waals surface area contributed by atoms with Crippen molar-refractivity contribution in [1.82, 2.24) is 9.97 Å². The van der Waals surface area contributed by atoms with E-state index in [0.717, 1.165) is 10.9 Å². The Labute approximate surface area is 119 Å². The second kappa shape index (κ2) is 5.09. The van der Waals surface area contributed by atoms with Gasteiger partial charge < -0.3 is 15.4 Å². The number of anilines is 1. The maximum atomic E-state index is 12.1. The lowest BCUT2D eigenvalue weighted by atomic mass is 10.2. The molecule has 2 heterocycles. The maximum Gasteiger partial charge on any atom is 0.354 e. The Kier molecular flexibility index (Phi) is 3.12. The molecule has 0 fully saturated rings. The molecule has 3 N–H and O–H groups in total. The molecule has 0 spiro atoms. The summed E-state index contributed by atoms with van der Waals surface area (Å²) in [5, 5.41) is 12.4. The molecule has 0 saturated heterocycles. The Morgan fingerprint density at radius 3 is 2.67 bits per heavy atom. The van der Waals surface area contributed by atoms with Crippen molar-refractivity contribution < 1.29 is 14.7 Å². The lowest BCUT2D eigenvalue weighted by Gasteiger charge is -2.03. The van der Waals surface area contributed by atoms with Gasteiger partial charge in [0.2, 0.25) is 0 Å². The lowest BCUT2D eigenvalue weighted by molar-refractivity contribution is 0.0690. The van der Waals surface area contributed by atoms with E-state index < -0.39 is 5.97 Å². The molecule has 1 amide bonds. The van der Waals surface area contributed by atoms with Crippen LogP contribution in [0.4, 0.5) is 5.82 Å². The van der Waals surface area contributed by atoms with Gasteiger partial charge in [-0.05, 0) is 24.3 Å². The van der Waals surface area contributed by atoms with Gasteiger partial charge in [0.1, 0.15) is 11.5 Å². The number of hydrogen-bond donors (Lipinski definition) is 3. The number of rotatable bonds is 3. The molecule has 0 aliphatic carbocycles. The minimum atomic E-state index is -1.14. The van der Waals surface area contributed by atoms with Crippen molar-refractivity contribution in [2.45, 2.75) is 0 Å². The van der Waals surface area contributed by atoms with E-state index in [9.17, 15) is 9.59 Å². The smallest absolute Gasteiger partial charge is 0.354 e. The molecule has 0 aliphatic rings. The van der Waals surface area contributed by atoms with Gasteiger partial charge in [-0.3, -0.25) is 4.79 Å². The van der Waals surface area contributed by atoms with Crippen molar-refractivity contribution in [3.05, 3.63) is 59.9 Å². The monoisotopic (exact) mass is 281 g/mol. The third kappa shape index (κ3) is 2.59. The van der Waals surface area contributed by atoms with Gasteiger partial charge in [0.05, 0.1) is 0 Å². The Morgan fingerprint density at radius 1 is 1.10 bits per heavy atom. The third-order valence-corrected chi connectivity index (χ3v) is 2.98. The first kappa shape index (κ1) is 12.9. The van der Waals surface area contributed by atoms with E-state index in [2.05, 4.69) is 15.3 Å². The Morgan fingerprint density at radius 2 is 1.90 bits per heavy atom. The first-order valence-electron chi connectivity index (χ1n) is 6.23. The van der Waals surface area contributed by atoms with Gasteiger partial charge in [-0.2, -0.15) is 0 Å². The quantitative estimate of drug-likeness (QED) is 0.687. The fraction of sp³-hybridized carbons (Fsp3) is 0. The Bertz CT molecular complexity index is 806. The van der Waals surface area contributed by atoms with Crippen molar-refractivity contribution in [2.75, 3.05) is 5.32 Å². The van der Waals surface area contributed by atoms with Crippen LogP contribution in [0.5, 0.6) is 0 Å². The van der Waals surface area contributed by atoms with Crippen molar-refractivity contribution >= 4 is 28.6 Å². The number of aromatic nitrogens is 2. The zero-order chi connectivity index (χ0) is 14.8. The fourth-order valence-corrected chi connectivity index (χ4v) is 2.00. The van der Waals surface area contributed by atoms with Crippen molar-refractivity contribution in [1.29, 1.82) is 0 Å². The minimum Gasteiger partial charge on any atom is -0.477 e. The lowest BCUT2D eigenvalue weighted by Crippen LogP contribution is -2.14. The summed E-state index contributed by atoms with van der Waals surface area (Å²) in [5.41, 5.74) is 1.12. The average molecular weight is 281 g/mol. The second-order valence-electron chi connectivity index (χ2n) is 4.44. The van der Waals surface area contributed by atoms with Crippen LogP contribution in [0.25, 0.3) is 10.9 Å². The van der Waals surface area contributed by atoms with Gasteiger partial charge in [0.25, 0.3) is 5.91 Å². The van der Waals surface area contributed by atoms with E-state index in [1.54, 1.807) is 6.07 Å². The van der Waals surface area contributed by atoms with Gasteiger partial charge in [-0.15, -0.1) is 0 Å². The Hall–Kier alpha value is -3.15. The highest BCUT2D eigenvalue weighted by Gasteiger charge is 2.11. The standard InChI is InChI=1S/C15H11N3O3/c19-14(12-8-9-4-1-2-5-10(9)16-12)18-13-7-3-6-11(17-13)15(20)21/h1-8,16H,(H,20,21)(H,17,18,19). The summed E-state index contributed by atoms with van der Waals surface area (Å²) in [5.74, 6) is -1.32. The molecular formula is C15H11N3O3. The number of carbonyl (C=O) groups excluding carboxylic acids is 1. The molecule has 6 nitrogen and oxygen atoms in total. The van der Waals surface area contributed by atoms with E-state index in [4.69, 9.17) is 5.11 Å². The fourth-order valence-electron chi connectivity index (χ4n) is 2.00. The van der Waals surface area contributed by atoms with E-state index >= 15 is 0 Å². The van der Waals surface area contributed by atoms with Crippen LogP contribution < -0.4 is 5.32 Å². The van der Waals surface area contributed by atoms with Gasteiger partial charge in [0.15, 0.2) is 5.69 Å². The summed E-state index contributed by atoms with van der Waals surface area (Å²) in [7, 11) is 0. The largest absolute Gasteiger partial charge is 0.477 e. The van der Waals surface area contributed by atoms with Crippen LogP contribution in [-0.4, -0.2) is 27.0 Å². The number of carboxylic acids is 1. The van der Waals surface area contributed by atoms with Gasteiger partial charge in [-0.25, -0.2) is 9.78 Å². The zero-order valence-corrected chi connectivity index (χ0v) is 10.8. The molecule has 0 saturated carbocycles. The van der Waals surface area contributed by atoms with E-state index in [-0.39, 0.29) is 17.4 Å². The number of carbonyl (C=O) groups is 2. The minimum absolute atomic E-state index is 0.121. The number of aromatic carboxylic acids is 1. The van der Waals surface area contributed by atoms with E-state index in [1.807, 2.05) is 24.3 Å². The number of amides is 1. The highest BCUT2D eigenvalue weighted by Crippen LogP contribution is 2.15. The van der Waals surface area contributed by atoms with E-state index in [1.165, 1.54) is 18.2 Å². The SMILES string of the molecule is O=C(O)c1cccc(NC(=O)c2cc3ccccc3[nH]2)n1. The van der Waals surface area contributed by atoms with Crippen LogP contribution in [0.15, 0.2) is 48.5 Å². The van der Waals surface area contributed by atoms with Crippen LogP contribution in [0.2, 0.25) is 0 Å². The average Bonchev–Trinajstić information content (AvgIpc) is 2.91. The summed E-state index contributed by atoms with van der Waals surface area (Å²) in [6.45, 7) is 0. The predicted molar refractivity (Wildman–Crippen MR) is 77.4 cm³/mol. The molecule has 104 valence electrons. The number of benzene rings is 1. The first-order chi connectivity index (χ1) is 10.1. The molecule has 0 radical (unpaired) electrons. The molecule has 0 bridgehead atoms. The van der Waals surface area contributed by atoms with Crippen molar-refractivity contribution in [3.8, 4) is 0 Å². The van der Waals surface area contributed by atoms with Crippen LogP contribution in [0, 0.1) is 0 Å². The van der Waals surface area contributed by atoms with Gasteiger partial charge in [-0.1, -0.05) is 24.3 Å². The van der Waals surface area contributed by atoms with Gasteiger partial charge in [0, 0.05) is 10.9 Å². The summed E-state index contributed by atoms with van der Waals surface area (Å²) in [4.78, 5) is 29.8. The van der Waals surface area contributed by atoms with Crippen LogP contribution in [0.1, 0.15) is 21.0 Å². The van der Waals surface area contributed by atoms with Gasteiger partial charge >= 0.3 is 5.97 Å². The van der Waals surface area contributed by atoms with Crippen LogP contribution in [0.3, 0.4) is 0 Å². The molecule has 2 aromatic heterocycles. The van der Waals surface area contributed by atoms with Crippen molar-refractivity contribution in [3.63, 3.8) is 0 Å². The second-order valence-corrected chi connectivity index (χ2v) is 4.44. The summed E-state index contributed by atoms with van der Waals surface area (Å²) in [6.07, 6.45) is 0. The van der Waals surface area contributed by atoms with Crippen LogP contribution in [-0.2, 0) is 0 Å². The number of pyridine rings is 1. The highest BCUT2D eigenvalue weighted by atomic mass is 16.4. The normalized spacial score (nSPS) is 10.5. The third-order valence-electron chi connectivity index (χ3n) is 2.98. The molecule has 6 heteroatoms. The molecule has 0 aliphatic heterocycles. The molecule has 1 aromatic carbocycles. The molecule has 3 rings (SSSR count). The zero-order valence-electron chi connectivity index (χ0n) is 10.8. The summed E-state index contributed by atoms with van der Waals surface area (Å²) < 4.78 is 0.